The molecule has 2 heteroatoms. The first-order chi connectivity index (χ1) is 8.74. The van der Waals surface area contributed by atoms with Crippen molar-refractivity contribution in [2.75, 3.05) is 0 Å². The molecule has 0 aliphatic heterocycles. The lowest BCUT2D eigenvalue weighted by Crippen LogP contribution is -1.84. The quantitative estimate of drug-likeness (QED) is 0.599. The van der Waals surface area contributed by atoms with Gasteiger partial charge in [-0.05, 0) is 42.5 Å². The van der Waals surface area contributed by atoms with Gasteiger partial charge in [0, 0.05) is 4.90 Å². The summed E-state index contributed by atoms with van der Waals surface area (Å²) in [5, 5.41) is 0.0433. The van der Waals surface area contributed by atoms with Crippen LogP contribution in [-0.4, -0.2) is 5.12 Å². The Morgan fingerprint density at radius 2 is 1.67 bits per heavy atom. The molecule has 0 amide bonds. The van der Waals surface area contributed by atoms with Crippen LogP contribution >= 0.6 is 11.8 Å². The molecule has 0 bridgehead atoms. The standard InChI is InChI=1S/C16H14OS/c1-13-7-9-14(10-8-13)11-12-16(17)18-15-5-3-2-4-6-15/h2-12H,1H3/b12-11+. The van der Waals surface area contributed by atoms with E-state index in [0.29, 0.717) is 0 Å². The van der Waals surface area contributed by atoms with E-state index >= 15 is 0 Å². The highest BCUT2D eigenvalue weighted by molar-refractivity contribution is 8.14. The number of aryl methyl sites for hydroxylation is 1. The van der Waals surface area contributed by atoms with Crippen LogP contribution in [0.5, 0.6) is 0 Å². The fourth-order valence-electron chi connectivity index (χ4n) is 1.48. The van der Waals surface area contributed by atoms with E-state index in [9.17, 15) is 4.79 Å². The topological polar surface area (TPSA) is 17.1 Å². The zero-order valence-electron chi connectivity index (χ0n) is 10.2. The van der Waals surface area contributed by atoms with Crippen LogP contribution in [0.3, 0.4) is 0 Å². The Labute approximate surface area is 112 Å². The van der Waals surface area contributed by atoms with Gasteiger partial charge in [-0.2, -0.15) is 0 Å². The first kappa shape index (κ1) is 12.7. The lowest BCUT2D eigenvalue weighted by molar-refractivity contribution is -0.106. The van der Waals surface area contributed by atoms with E-state index < -0.39 is 0 Å². The van der Waals surface area contributed by atoms with Crippen LogP contribution in [0, 0.1) is 6.92 Å². The van der Waals surface area contributed by atoms with Gasteiger partial charge in [0.25, 0.3) is 0 Å². The van der Waals surface area contributed by atoms with Gasteiger partial charge in [0.1, 0.15) is 0 Å². The maximum atomic E-state index is 11.7. The highest BCUT2D eigenvalue weighted by atomic mass is 32.2. The molecule has 0 atom stereocenters. The molecule has 0 aliphatic carbocycles. The Morgan fingerprint density at radius 1 is 1.00 bits per heavy atom. The average molecular weight is 254 g/mol. The summed E-state index contributed by atoms with van der Waals surface area (Å²) in [4.78, 5) is 12.7. The molecule has 0 aromatic heterocycles. The summed E-state index contributed by atoms with van der Waals surface area (Å²) in [5.41, 5.74) is 2.26. The Balaban J connectivity index is 1.97. The lowest BCUT2D eigenvalue weighted by Gasteiger charge is -1.96. The van der Waals surface area contributed by atoms with Crippen LogP contribution in [-0.2, 0) is 4.79 Å². The van der Waals surface area contributed by atoms with E-state index in [1.165, 1.54) is 17.3 Å². The van der Waals surface area contributed by atoms with Crippen LogP contribution < -0.4 is 0 Å². The van der Waals surface area contributed by atoms with E-state index in [4.69, 9.17) is 0 Å². The van der Waals surface area contributed by atoms with Gasteiger partial charge in [-0.15, -0.1) is 0 Å². The molecule has 90 valence electrons. The van der Waals surface area contributed by atoms with Crippen LogP contribution in [0.4, 0.5) is 0 Å². The van der Waals surface area contributed by atoms with Gasteiger partial charge in [-0.25, -0.2) is 0 Å². The summed E-state index contributed by atoms with van der Waals surface area (Å²) in [6, 6.07) is 17.8. The average Bonchev–Trinajstić information content (AvgIpc) is 2.39. The first-order valence-electron chi connectivity index (χ1n) is 5.76. The third-order valence-corrected chi connectivity index (χ3v) is 3.30. The molecule has 0 saturated carbocycles. The number of carbonyl (C=O) groups excluding carboxylic acids is 1. The first-order valence-corrected chi connectivity index (χ1v) is 6.57. The van der Waals surface area contributed by atoms with Crippen LogP contribution in [0.25, 0.3) is 6.08 Å². The van der Waals surface area contributed by atoms with Crippen molar-refractivity contribution in [1.82, 2.24) is 0 Å². The maximum Gasteiger partial charge on any atom is 0.216 e. The highest BCUT2D eigenvalue weighted by Gasteiger charge is 1.99. The predicted molar refractivity (Wildman–Crippen MR) is 77.5 cm³/mol. The Kier molecular flexibility index (Phi) is 4.37. The second-order valence-corrected chi connectivity index (χ2v) is 5.06. The van der Waals surface area contributed by atoms with Crippen LogP contribution in [0.15, 0.2) is 65.6 Å². The van der Waals surface area contributed by atoms with Gasteiger partial charge in [0.15, 0.2) is 0 Å². The smallest absolute Gasteiger partial charge is 0.216 e. The predicted octanol–water partition coefficient (Wildman–Crippen LogP) is 4.33. The van der Waals surface area contributed by atoms with E-state index in [0.717, 1.165) is 10.5 Å². The monoisotopic (exact) mass is 254 g/mol. The fourth-order valence-corrected chi connectivity index (χ4v) is 2.14. The second-order valence-electron chi connectivity index (χ2n) is 3.98. The van der Waals surface area contributed by atoms with E-state index in [1.807, 2.05) is 67.6 Å². The van der Waals surface area contributed by atoms with Gasteiger partial charge in [-0.3, -0.25) is 4.79 Å². The lowest BCUT2D eigenvalue weighted by atomic mass is 10.1. The Hall–Kier alpha value is -1.80. The van der Waals surface area contributed by atoms with Crippen molar-refractivity contribution in [2.45, 2.75) is 11.8 Å². The molecular formula is C16H14OS. The molecule has 2 rings (SSSR count). The normalized spacial score (nSPS) is 10.7. The van der Waals surface area contributed by atoms with E-state index in [-0.39, 0.29) is 5.12 Å². The summed E-state index contributed by atoms with van der Waals surface area (Å²) in [6.45, 7) is 2.05. The van der Waals surface area contributed by atoms with E-state index in [2.05, 4.69) is 0 Å². The second kappa shape index (κ2) is 6.22. The molecule has 2 aromatic carbocycles. The summed E-state index contributed by atoms with van der Waals surface area (Å²) < 4.78 is 0. The Morgan fingerprint density at radius 3 is 2.33 bits per heavy atom. The zero-order chi connectivity index (χ0) is 12.8. The van der Waals surface area contributed by atoms with Crippen molar-refractivity contribution in [2.24, 2.45) is 0 Å². The Bertz CT molecular complexity index is 541. The molecule has 0 N–H and O–H groups in total. The molecule has 0 aliphatic rings. The number of hydrogen-bond acceptors (Lipinski definition) is 2. The SMILES string of the molecule is Cc1ccc(/C=C/C(=O)Sc2ccccc2)cc1. The molecule has 0 radical (unpaired) electrons. The summed E-state index contributed by atoms with van der Waals surface area (Å²) in [7, 11) is 0. The molecule has 0 heterocycles. The highest BCUT2D eigenvalue weighted by Crippen LogP contribution is 2.18. The molecule has 0 unspecified atom stereocenters. The van der Waals surface area contributed by atoms with Crippen molar-refractivity contribution in [1.29, 1.82) is 0 Å². The van der Waals surface area contributed by atoms with Gasteiger partial charge in [0.05, 0.1) is 0 Å². The fraction of sp³-hybridized carbons (Fsp3) is 0.0625. The molecule has 0 fully saturated rings. The maximum absolute atomic E-state index is 11.7. The minimum Gasteiger partial charge on any atom is -0.282 e. The molecular weight excluding hydrogens is 240 g/mol. The van der Waals surface area contributed by atoms with Crippen molar-refractivity contribution in [3.05, 3.63) is 71.8 Å². The molecule has 0 saturated heterocycles. The molecule has 1 nitrogen and oxygen atoms in total. The summed E-state index contributed by atoms with van der Waals surface area (Å²) >= 11 is 1.24. The third kappa shape index (κ3) is 3.90. The van der Waals surface area contributed by atoms with Crippen LogP contribution in [0.1, 0.15) is 11.1 Å². The zero-order valence-corrected chi connectivity index (χ0v) is 11.0. The van der Waals surface area contributed by atoms with Crippen molar-refractivity contribution in [3.8, 4) is 0 Å². The number of carbonyl (C=O) groups is 1. The van der Waals surface area contributed by atoms with Gasteiger partial charge in [0.2, 0.25) is 5.12 Å². The van der Waals surface area contributed by atoms with Crippen molar-refractivity contribution >= 4 is 23.0 Å². The van der Waals surface area contributed by atoms with Gasteiger partial charge < -0.3 is 0 Å². The summed E-state index contributed by atoms with van der Waals surface area (Å²) in [6.07, 6.45) is 3.46. The van der Waals surface area contributed by atoms with Crippen molar-refractivity contribution in [3.63, 3.8) is 0 Å². The number of benzene rings is 2. The van der Waals surface area contributed by atoms with Crippen molar-refractivity contribution < 1.29 is 4.79 Å². The van der Waals surface area contributed by atoms with Gasteiger partial charge >= 0.3 is 0 Å². The molecule has 0 spiro atoms. The van der Waals surface area contributed by atoms with Crippen LogP contribution in [0.2, 0.25) is 0 Å². The number of rotatable bonds is 3. The number of hydrogen-bond donors (Lipinski definition) is 0. The third-order valence-electron chi connectivity index (χ3n) is 2.45. The molecule has 18 heavy (non-hydrogen) atoms. The minimum absolute atomic E-state index is 0.0433. The minimum atomic E-state index is 0.0433. The number of thioether (sulfide) groups is 1. The largest absolute Gasteiger partial charge is 0.282 e. The summed E-state index contributed by atoms with van der Waals surface area (Å²) in [5.74, 6) is 0. The van der Waals surface area contributed by atoms with Gasteiger partial charge in [-0.1, -0.05) is 54.1 Å². The van der Waals surface area contributed by atoms with E-state index in [1.54, 1.807) is 6.08 Å². The molecule has 2 aromatic rings.